The maximum atomic E-state index is 12.9. The number of hydrogen-bond acceptors (Lipinski definition) is 8. The molecule has 3 aromatic rings. The summed E-state index contributed by atoms with van der Waals surface area (Å²) < 4.78 is 28.9. The number of thiazole rings is 1. The molecule has 0 saturated carbocycles. The van der Waals surface area contributed by atoms with Crippen LogP contribution >= 0.6 is 11.3 Å². The van der Waals surface area contributed by atoms with E-state index >= 15 is 0 Å². The second-order valence-corrected chi connectivity index (χ2v) is 7.44. The van der Waals surface area contributed by atoms with Gasteiger partial charge in [-0.1, -0.05) is 11.3 Å². The zero-order valence-corrected chi connectivity index (χ0v) is 18.0. The maximum Gasteiger partial charge on any atom is 0.326 e. The Kier molecular flexibility index (Phi) is 5.81. The molecule has 9 nitrogen and oxygen atoms in total. The number of carbonyl (C=O) groups excluding carboxylic acids is 2. The number of methoxy groups -OCH3 is 2. The third-order valence-corrected chi connectivity index (χ3v) is 5.64. The molecule has 162 valence electrons. The molecular weight excluding hydrogens is 424 g/mol. The Bertz CT molecular complexity index is 1230. The lowest BCUT2D eigenvalue weighted by Crippen LogP contribution is -2.23. The second-order valence-electron chi connectivity index (χ2n) is 6.44. The van der Waals surface area contributed by atoms with Crippen molar-refractivity contribution in [2.75, 3.05) is 27.6 Å². The summed E-state index contributed by atoms with van der Waals surface area (Å²) in [6.45, 7) is 2.00. The smallest absolute Gasteiger partial charge is 0.326 e. The highest BCUT2D eigenvalue weighted by Crippen LogP contribution is 2.34. The molecule has 0 saturated heterocycles. The number of aromatic nitrogens is 1. The van der Waals surface area contributed by atoms with Crippen molar-refractivity contribution in [2.24, 2.45) is 4.99 Å². The third kappa shape index (κ3) is 4.06. The molecule has 0 fully saturated rings. The van der Waals surface area contributed by atoms with Crippen molar-refractivity contribution in [2.45, 2.75) is 13.5 Å². The molecule has 1 aromatic heterocycles. The van der Waals surface area contributed by atoms with Gasteiger partial charge >= 0.3 is 5.97 Å². The average Bonchev–Trinajstić information content (AvgIpc) is 3.36. The maximum absolute atomic E-state index is 12.9. The van der Waals surface area contributed by atoms with Crippen molar-refractivity contribution < 1.29 is 33.3 Å². The lowest BCUT2D eigenvalue weighted by Gasteiger charge is -2.09. The zero-order chi connectivity index (χ0) is 22.0. The number of hydrogen-bond donors (Lipinski definition) is 0. The molecular formula is C21H20N2O7S. The van der Waals surface area contributed by atoms with E-state index in [1.807, 2.05) is 0 Å². The van der Waals surface area contributed by atoms with Gasteiger partial charge in [0.15, 0.2) is 27.8 Å². The van der Waals surface area contributed by atoms with Crippen LogP contribution in [0.2, 0.25) is 0 Å². The summed E-state index contributed by atoms with van der Waals surface area (Å²) in [5.41, 5.74) is 1.02. The number of amides is 1. The standard InChI is InChI=1S/C21H20N2O7S/c1-4-28-19(24)10-23-13-8-15(26-2)16(27-3)9-18(13)31-21(23)22-20(25)12-5-6-14-17(7-12)30-11-29-14/h5-9H,4,10-11H2,1-3H3. The molecule has 0 N–H and O–H groups in total. The normalized spacial score (nSPS) is 12.8. The number of esters is 1. The van der Waals surface area contributed by atoms with Crippen LogP contribution in [0.5, 0.6) is 23.0 Å². The zero-order valence-electron chi connectivity index (χ0n) is 17.2. The van der Waals surface area contributed by atoms with Gasteiger partial charge in [-0.05, 0) is 25.1 Å². The van der Waals surface area contributed by atoms with E-state index in [0.29, 0.717) is 38.9 Å². The largest absolute Gasteiger partial charge is 0.493 e. The molecule has 1 aliphatic rings. The van der Waals surface area contributed by atoms with Crippen LogP contribution in [-0.4, -0.2) is 44.1 Å². The quantitative estimate of drug-likeness (QED) is 0.539. The van der Waals surface area contributed by atoms with Gasteiger partial charge < -0.3 is 28.3 Å². The fourth-order valence-corrected chi connectivity index (χ4v) is 4.19. The first-order valence-electron chi connectivity index (χ1n) is 9.43. The van der Waals surface area contributed by atoms with Gasteiger partial charge in [0.05, 0.1) is 31.0 Å². The van der Waals surface area contributed by atoms with Gasteiger partial charge in [0.1, 0.15) is 6.54 Å². The van der Waals surface area contributed by atoms with E-state index in [1.54, 1.807) is 48.9 Å². The Morgan fingerprint density at radius 2 is 1.84 bits per heavy atom. The highest BCUT2D eigenvalue weighted by atomic mass is 32.1. The van der Waals surface area contributed by atoms with Crippen LogP contribution in [0.1, 0.15) is 17.3 Å². The number of ether oxygens (including phenoxy) is 5. The first-order valence-corrected chi connectivity index (χ1v) is 10.3. The monoisotopic (exact) mass is 444 g/mol. The third-order valence-electron chi connectivity index (χ3n) is 4.60. The predicted molar refractivity (Wildman–Crippen MR) is 112 cm³/mol. The molecule has 2 heterocycles. The van der Waals surface area contributed by atoms with E-state index in [-0.39, 0.29) is 19.9 Å². The molecule has 0 radical (unpaired) electrons. The highest BCUT2D eigenvalue weighted by molar-refractivity contribution is 7.16. The fraction of sp³-hybridized carbons (Fsp3) is 0.286. The van der Waals surface area contributed by atoms with Crippen molar-refractivity contribution >= 4 is 33.4 Å². The molecule has 4 rings (SSSR count). The summed E-state index contributed by atoms with van der Waals surface area (Å²) in [7, 11) is 3.07. The van der Waals surface area contributed by atoms with Crippen molar-refractivity contribution in [3.05, 3.63) is 40.7 Å². The van der Waals surface area contributed by atoms with Gasteiger partial charge in [0.2, 0.25) is 6.79 Å². The number of fused-ring (bicyclic) bond motifs is 2. The molecule has 10 heteroatoms. The predicted octanol–water partition coefficient (Wildman–Crippen LogP) is 2.75. The van der Waals surface area contributed by atoms with Gasteiger partial charge in [-0.3, -0.25) is 9.59 Å². The van der Waals surface area contributed by atoms with Crippen molar-refractivity contribution in [3.63, 3.8) is 0 Å². The van der Waals surface area contributed by atoms with Crippen LogP contribution in [-0.2, 0) is 16.1 Å². The minimum Gasteiger partial charge on any atom is -0.493 e. The molecule has 1 aliphatic heterocycles. The molecule has 1 amide bonds. The summed E-state index contributed by atoms with van der Waals surface area (Å²) in [6.07, 6.45) is 0. The van der Waals surface area contributed by atoms with Gasteiger partial charge in [-0.2, -0.15) is 4.99 Å². The Morgan fingerprint density at radius 3 is 2.58 bits per heavy atom. The molecule has 2 aromatic carbocycles. The Morgan fingerprint density at radius 1 is 1.10 bits per heavy atom. The van der Waals surface area contributed by atoms with E-state index < -0.39 is 11.9 Å². The molecule has 0 bridgehead atoms. The Labute approximate surface area is 181 Å². The van der Waals surface area contributed by atoms with Crippen LogP contribution < -0.4 is 23.7 Å². The molecule has 0 atom stereocenters. The van der Waals surface area contributed by atoms with E-state index in [4.69, 9.17) is 23.7 Å². The topological polar surface area (TPSA) is 97.6 Å². The minimum absolute atomic E-state index is 0.101. The first-order chi connectivity index (χ1) is 15.0. The Balaban J connectivity index is 1.82. The lowest BCUT2D eigenvalue weighted by atomic mass is 10.2. The van der Waals surface area contributed by atoms with Crippen LogP contribution in [0.15, 0.2) is 35.3 Å². The highest BCUT2D eigenvalue weighted by Gasteiger charge is 2.18. The number of carbonyl (C=O) groups is 2. The molecule has 0 aliphatic carbocycles. The molecule has 0 spiro atoms. The summed E-state index contributed by atoms with van der Waals surface area (Å²) in [6, 6.07) is 8.40. The van der Waals surface area contributed by atoms with Gasteiger partial charge in [-0.25, -0.2) is 0 Å². The Hall–Kier alpha value is -3.53. The summed E-state index contributed by atoms with van der Waals surface area (Å²) in [5.74, 6) is 1.20. The van der Waals surface area contributed by atoms with Crippen LogP contribution in [0.4, 0.5) is 0 Å². The number of benzene rings is 2. The van der Waals surface area contributed by atoms with E-state index in [1.165, 1.54) is 18.4 Å². The minimum atomic E-state index is -0.471. The van der Waals surface area contributed by atoms with Crippen molar-refractivity contribution in [1.82, 2.24) is 4.57 Å². The number of nitrogens with zero attached hydrogens (tertiary/aromatic N) is 2. The van der Waals surface area contributed by atoms with Crippen LogP contribution in [0, 0.1) is 0 Å². The average molecular weight is 444 g/mol. The molecule has 31 heavy (non-hydrogen) atoms. The second kappa shape index (κ2) is 8.68. The SMILES string of the molecule is CCOC(=O)Cn1c(=NC(=O)c2ccc3c(c2)OCO3)sc2cc(OC)c(OC)cc21. The fourth-order valence-electron chi connectivity index (χ4n) is 3.15. The summed E-state index contributed by atoms with van der Waals surface area (Å²) >= 11 is 1.26. The first kappa shape index (κ1) is 20.7. The lowest BCUT2D eigenvalue weighted by molar-refractivity contribution is -0.143. The van der Waals surface area contributed by atoms with Gasteiger partial charge in [-0.15, -0.1) is 0 Å². The van der Waals surface area contributed by atoms with Gasteiger partial charge in [0.25, 0.3) is 5.91 Å². The molecule has 0 unspecified atom stereocenters. The summed E-state index contributed by atoms with van der Waals surface area (Å²) in [4.78, 5) is 29.7. The van der Waals surface area contributed by atoms with Crippen molar-refractivity contribution in [1.29, 1.82) is 0 Å². The van der Waals surface area contributed by atoms with E-state index in [0.717, 1.165) is 4.70 Å². The summed E-state index contributed by atoms with van der Waals surface area (Å²) in [5, 5.41) is 0. The van der Waals surface area contributed by atoms with Gasteiger partial charge in [0, 0.05) is 17.7 Å². The van der Waals surface area contributed by atoms with E-state index in [2.05, 4.69) is 4.99 Å². The number of rotatable bonds is 6. The van der Waals surface area contributed by atoms with Crippen LogP contribution in [0.25, 0.3) is 10.2 Å². The van der Waals surface area contributed by atoms with E-state index in [9.17, 15) is 9.59 Å². The van der Waals surface area contributed by atoms with Crippen molar-refractivity contribution in [3.8, 4) is 23.0 Å². The van der Waals surface area contributed by atoms with Crippen LogP contribution in [0.3, 0.4) is 0 Å².